The number of hydrogen-bond acceptors (Lipinski definition) is 8. The Kier molecular flexibility index (Phi) is 16.7. The quantitative estimate of drug-likeness (QED) is 0.0484. The van der Waals surface area contributed by atoms with Crippen molar-refractivity contribution in [2.24, 2.45) is 0 Å². The largest absolute Gasteiger partial charge is 0.524 e. The molecule has 0 fully saturated rings. The number of amides is 3. The van der Waals surface area contributed by atoms with Crippen LogP contribution in [0.25, 0.3) is 0 Å². The van der Waals surface area contributed by atoms with Crippen molar-refractivity contribution in [3.63, 3.8) is 0 Å². The summed E-state index contributed by atoms with van der Waals surface area (Å²) in [5.74, 6) is -3.10. The molecular weight excluding hydrogens is 589 g/mol. The van der Waals surface area contributed by atoms with Crippen LogP contribution < -0.4 is 15.2 Å². The molecular formula is C27H44N3O10PS. The van der Waals surface area contributed by atoms with Crippen LogP contribution in [0.5, 0.6) is 5.75 Å². The van der Waals surface area contributed by atoms with Crippen LogP contribution in [0, 0.1) is 0 Å². The highest BCUT2D eigenvalue weighted by atomic mass is 32.1. The number of thiol groups is 1. The fraction of sp³-hybridized carbons (Fsp3) is 0.630. The van der Waals surface area contributed by atoms with E-state index >= 15 is 0 Å². The summed E-state index contributed by atoms with van der Waals surface area (Å²) in [6, 6.07) is 1.57. The number of carboxylic acid groups (broad SMARTS) is 1. The van der Waals surface area contributed by atoms with Gasteiger partial charge in [-0.25, -0.2) is 4.57 Å². The van der Waals surface area contributed by atoms with E-state index in [-0.39, 0.29) is 30.6 Å². The number of aliphatic carboxylic acids is 1. The van der Waals surface area contributed by atoms with Gasteiger partial charge in [-0.2, -0.15) is 0 Å². The molecule has 15 heteroatoms. The van der Waals surface area contributed by atoms with Crippen molar-refractivity contribution in [1.29, 1.82) is 0 Å². The van der Waals surface area contributed by atoms with Gasteiger partial charge >= 0.3 is 13.8 Å². The second kappa shape index (κ2) is 18.8. The fourth-order valence-electron chi connectivity index (χ4n) is 4.28. The molecule has 0 aliphatic rings. The molecule has 6 N–H and O–H groups in total. The average molecular weight is 634 g/mol. The van der Waals surface area contributed by atoms with Gasteiger partial charge in [-0.3, -0.25) is 29.0 Å². The van der Waals surface area contributed by atoms with Crippen LogP contribution in [-0.4, -0.2) is 73.8 Å². The van der Waals surface area contributed by atoms with Gasteiger partial charge in [-0.15, -0.1) is 12.6 Å². The van der Waals surface area contributed by atoms with Gasteiger partial charge in [0.1, 0.15) is 23.3 Å². The molecule has 3 amide bonds. The number of phosphoric ester groups is 1. The van der Waals surface area contributed by atoms with Gasteiger partial charge in [-0.1, -0.05) is 45.6 Å². The number of carbonyl (C=O) groups is 4. The van der Waals surface area contributed by atoms with Crippen LogP contribution in [0.2, 0.25) is 0 Å². The number of aliphatic hydroxyl groups is 1. The zero-order valence-electron chi connectivity index (χ0n) is 24.3. The molecule has 3 atom stereocenters. The molecule has 1 aromatic carbocycles. The average Bonchev–Trinajstić information content (AvgIpc) is 2.89. The number of benzene rings is 1. The van der Waals surface area contributed by atoms with Crippen molar-refractivity contribution in [2.45, 2.75) is 96.1 Å². The number of nitrogens with one attached hydrogen (secondary N) is 2. The van der Waals surface area contributed by atoms with E-state index in [4.69, 9.17) is 9.79 Å². The van der Waals surface area contributed by atoms with E-state index < -0.39 is 49.0 Å². The zero-order chi connectivity index (χ0) is 31.9. The lowest BCUT2D eigenvalue weighted by molar-refractivity contribution is -0.140. The minimum atomic E-state index is -4.94. The summed E-state index contributed by atoms with van der Waals surface area (Å²) in [7, 11) is -4.94. The van der Waals surface area contributed by atoms with E-state index in [9.17, 15) is 34.0 Å². The summed E-state index contributed by atoms with van der Waals surface area (Å²) in [5.41, 5.74) is -1.19. The van der Waals surface area contributed by atoms with Crippen LogP contribution >= 0.6 is 20.5 Å². The maximum Gasteiger partial charge on any atom is 0.524 e. The Labute approximate surface area is 252 Å². The predicted octanol–water partition coefficient (Wildman–Crippen LogP) is 2.68. The summed E-state index contributed by atoms with van der Waals surface area (Å²) < 4.78 is 15.9. The maximum absolute atomic E-state index is 13.6. The summed E-state index contributed by atoms with van der Waals surface area (Å²) in [6.07, 6.45) is 4.63. The van der Waals surface area contributed by atoms with E-state index in [1.165, 1.54) is 25.1 Å². The first-order chi connectivity index (χ1) is 19.7. The monoisotopic (exact) mass is 633 g/mol. The molecule has 0 saturated heterocycles. The predicted molar refractivity (Wildman–Crippen MR) is 159 cm³/mol. The summed E-state index contributed by atoms with van der Waals surface area (Å²) in [5, 5.41) is 24.4. The standard InChI is InChI=1S/C27H44N3O10PS/c1-4-6-8-14-30(15-9-7-5-2)26(35)21(11-13-24(32)33)29-25(34)22(28-18(3)31)17-19-10-12-23(40-41(37,38)39)20(16-19)27(36)42/h10,12,16,21-22,27,36,42H,4-9,11,13-15,17H2,1-3H3,(H,28,31)(H,29,34)(H,32,33)(H2,37,38,39)/t21-,22-,27-/m0/s1. The highest BCUT2D eigenvalue weighted by molar-refractivity contribution is 7.80. The Balaban J connectivity index is 3.27. The van der Waals surface area contributed by atoms with Crippen molar-refractivity contribution < 1.29 is 48.3 Å². The van der Waals surface area contributed by atoms with E-state index in [2.05, 4.69) is 27.8 Å². The fourth-order valence-corrected chi connectivity index (χ4v) is 4.91. The molecule has 0 aliphatic heterocycles. The van der Waals surface area contributed by atoms with E-state index in [1.807, 2.05) is 13.8 Å². The molecule has 0 unspecified atom stereocenters. The third kappa shape index (κ3) is 14.5. The van der Waals surface area contributed by atoms with Gasteiger partial charge in [0.15, 0.2) is 0 Å². The van der Waals surface area contributed by atoms with E-state index in [0.29, 0.717) is 18.7 Å². The summed E-state index contributed by atoms with van der Waals surface area (Å²) >= 11 is 3.91. The van der Waals surface area contributed by atoms with Crippen LogP contribution in [-0.2, 0) is 30.2 Å². The first-order valence-corrected chi connectivity index (χ1v) is 16.0. The van der Waals surface area contributed by atoms with Gasteiger partial charge in [-0.05, 0) is 37.0 Å². The third-order valence-corrected chi connectivity index (χ3v) is 7.05. The Morgan fingerprint density at radius 1 is 1.00 bits per heavy atom. The van der Waals surface area contributed by atoms with Crippen LogP contribution in [0.15, 0.2) is 18.2 Å². The lowest BCUT2D eigenvalue weighted by Crippen LogP contribution is -2.55. The number of rotatable bonds is 20. The molecule has 0 aromatic heterocycles. The van der Waals surface area contributed by atoms with Crippen molar-refractivity contribution in [2.75, 3.05) is 13.1 Å². The Morgan fingerprint density at radius 2 is 1.60 bits per heavy atom. The van der Waals surface area contributed by atoms with Gasteiger partial charge in [0.25, 0.3) is 0 Å². The molecule has 42 heavy (non-hydrogen) atoms. The van der Waals surface area contributed by atoms with E-state index in [0.717, 1.165) is 38.5 Å². The lowest BCUT2D eigenvalue weighted by Gasteiger charge is -2.29. The van der Waals surface area contributed by atoms with Crippen molar-refractivity contribution in [3.8, 4) is 5.75 Å². The Bertz CT molecular complexity index is 1090. The molecule has 0 bridgehead atoms. The smallest absolute Gasteiger partial charge is 0.481 e. The molecule has 1 rings (SSSR count). The lowest BCUT2D eigenvalue weighted by atomic mass is 10.0. The second-order valence-corrected chi connectivity index (χ2v) is 11.7. The number of phosphoric acid groups is 1. The summed E-state index contributed by atoms with van der Waals surface area (Å²) in [4.78, 5) is 70.3. The molecule has 0 spiro atoms. The minimum Gasteiger partial charge on any atom is -0.481 e. The van der Waals surface area contributed by atoms with Crippen molar-refractivity contribution in [1.82, 2.24) is 15.5 Å². The molecule has 0 heterocycles. The molecule has 0 radical (unpaired) electrons. The van der Waals surface area contributed by atoms with E-state index in [1.54, 1.807) is 4.90 Å². The maximum atomic E-state index is 13.6. The summed E-state index contributed by atoms with van der Waals surface area (Å²) in [6.45, 7) is 6.24. The molecule has 0 aliphatic carbocycles. The van der Waals surface area contributed by atoms with Gasteiger partial charge in [0, 0.05) is 38.4 Å². The highest BCUT2D eigenvalue weighted by Gasteiger charge is 2.30. The van der Waals surface area contributed by atoms with Crippen molar-refractivity contribution >= 4 is 44.1 Å². The van der Waals surface area contributed by atoms with Gasteiger partial charge < -0.3 is 30.3 Å². The normalized spacial score (nSPS) is 13.5. The number of aliphatic hydroxyl groups excluding tert-OH is 1. The number of carbonyl (C=O) groups excluding carboxylic acids is 3. The minimum absolute atomic E-state index is 0.0783. The Morgan fingerprint density at radius 3 is 2.07 bits per heavy atom. The molecule has 1 aromatic rings. The third-order valence-electron chi connectivity index (χ3n) is 6.34. The number of nitrogens with zero attached hydrogens (tertiary/aromatic N) is 1. The van der Waals surface area contributed by atoms with Crippen LogP contribution in [0.4, 0.5) is 0 Å². The zero-order valence-corrected chi connectivity index (χ0v) is 26.1. The molecule has 0 saturated carbocycles. The first-order valence-electron chi connectivity index (χ1n) is 14.0. The number of unbranched alkanes of at least 4 members (excludes halogenated alkanes) is 4. The number of carboxylic acids is 1. The van der Waals surface area contributed by atoms with Crippen LogP contribution in [0.3, 0.4) is 0 Å². The topological polar surface area (TPSA) is 203 Å². The van der Waals surface area contributed by atoms with Crippen molar-refractivity contribution in [3.05, 3.63) is 29.3 Å². The number of hydrogen-bond donors (Lipinski definition) is 7. The van der Waals surface area contributed by atoms with Gasteiger partial charge in [0.2, 0.25) is 17.7 Å². The SMILES string of the molecule is CCCCCN(CCCCC)C(=O)[C@H](CCC(=O)O)NC(=O)[C@H](Cc1ccc(OP(=O)(O)O)c([C@@H](O)S)c1)NC(C)=O. The highest BCUT2D eigenvalue weighted by Crippen LogP contribution is 2.41. The molecule has 13 nitrogen and oxygen atoms in total. The van der Waals surface area contributed by atoms with Gasteiger partial charge in [0.05, 0.1) is 0 Å². The molecule has 238 valence electrons. The Hall–Kier alpha value is -2.64. The second-order valence-electron chi connectivity index (χ2n) is 10.0. The first kappa shape index (κ1) is 37.4. The van der Waals surface area contributed by atoms with Crippen LogP contribution in [0.1, 0.15) is 88.7 Å².